The number of benzene rings is 5. The average molecular weight is 894 g/mol. The lowest BCUT2D eigenvalue weighted by atomic mass is 9.12. The van der Waals surface area contributed by atoms with Gasteiger partial charge in [0.25, 0.3) is 0 Å². The molecular weight excluding hydrogens is 883 g/mol. The molecule has 0 saturated carbocycles. The topological polar surface area (TPSA) is 53.2 Å². The lowest BCUT2D eigenvalue weighted by Gasteiger charge is -2.44. The van der Waals surface area contributed by atoms with Gasteiger partial charge in [0.05, 0.1) is 12.7 Å². The number of aromatic amines is 1. The number of hydrogen-bond acceptors (Lipinski definition) is 2. The third kappa shape index (κ3) is 7.13. The van der Waals surface area contributed by atoms with Crippen molar-refractivity contribution in [3.63, 3.8) is 0 Å². The second-order valence-corrected chi connectivity index (χ2v) is 12.2. The van der Waals surface area contributed by atoms with Gasteiger partial charge in [0.15, 0.2) is 81.8 Å². The van der Waals surface area contributed by atoms with E-state index in [4.69, 9.17) is 0 Å². The highest BCUT2D eigenvalue weighted by molar-refractivity contribution is 7.20. The minimum atomic E-state index is -7.22. The summed E-state index contributed by atoms with van der Waals surface area (Å²) in [7, 11) is 0. The van der Waals surface area contributed by atoms with Crippen LogP contribution >= 0.6 is 0 Å². The predicted octanol–water partition coefficient (Wildman–Crippen LogP) is 6.39. The molecule has 0 fully saturated rings. The van der Waals surface area contributed by atoms with Crippen molar-refractivity contribution in [3.8, 4) is 0 Å². The Kier molecular flexibility index (Phi) is 12.5. The van der Waals surface area contributed by atoms with Crippen LogP contribution in [0.3, 0.4) is 0 Å². The Morgan fingerprint density at radius 1 is 0.426 bits per heavy atom. The molecule has 5 aromatic carbocycles. The molecule has 0 atom stereocenters. The number of aromatic nitrogens is 2. The summed E-state index contributed by atoms with van der Waals surface area (Å²) in [5.74, 6) is -71.5. The molecule has 0 spiro atoms. The number of rotatable bonds is 7. The molecule has 0 aliphatic rings. The van der Waals surface area contributed by atoms with Crippen molar-refractivity contribution in [1.29, 1.82) is 0 Å². The van der Waals surface area contributed by atoms with Crippen LogP contribution in [0.15, 0.2) is 53.7 Å². The van der Waals surface area contributed by atoms with Crippen molar-refractivity contribution in [1.82, 2.24) is 4.57 Å². The zero-order valence-corrected chi connectivity index (χ0v) is 28.7. The van der Waals surface area contributed by atoms with Crippen LogP contribution in [0.2, 0.25) is 0 Å². The molecule has 0 aliphatic heterocycles. The maximum atomic E-state index is 15.4. The van der Waals surface area contributed by atoms with Gasteiger partial charge in [-0.1, -0.05) is 30.3 Å². The number of carbonyl (C=O) groups is 1. The number of ketones is 1. The number of hydrogen-bond donors (Lipinski definition) is 0. The lowest BCUT2D eigenvalue weighted by molar-refractivity contribution is -0.380. The monoisotopic (exact) mass is 894 g/mol. The van der Waals surface area contributed by atoms with E-state index >= 15 is 35.1 Å². The minimum absolute atomic E-state index is 0.0670. The largest absolute Gasteiger partial charge is 0.315 e. The van der Waals surface area contributed by atoms with Gasteiger partial charge in [-0.05, 0) is 0 Å². The number of nitrogens with zero attached hydrogens (tertiary/aromatic N) is 1. The highest BCUT2D eigenvalue weighted by atomic mass is 19.2. The number of halogens is 20. The van der Waals surface area contributed by atoms with E-state index in [1.165, 1.54) is 10.8 Å². The van der Waals surface area contributed by atoms with Crippen LogP contribution in [0.4, 0.5) is 87.8 Å². The summed E-state index contributed by atoms with van der Waals surface area (Å²) in [6.07, 6.45) is -2.73. The Morgan fingerprint density at radius 2 is 0.689 bits per heavy atom. The van der Waals surface area contributed by atoms with Crippen molar-refractivity contribution in [2.45, 2.75) is 6.54 Å². The molecule has 61 heavy (non-hydrogen) atoms. The van der Waals surface area contributed by atoms with Crippen LogP contribution in [0.25, 0.3) is 0 Å². The van der Waals surface area contributed by atoms with Gasteiger partial charge in [-0.3, -0.25) is 14.2 Å². The molecule has 6 aromatic rings. The summed E-state index contributed by atoms with van der Waals surface area (Å²) < 4.78 is 295. The fourth-order valence-electron chi connectivity index (χ4n) is 6.28. The molecule has 0 saturated heterocycles. The number of Topliss-reactive ketones (excluding diaryl/α,β-unsaturated/α-hetero) is 1. The Balaban J connectivity index is 0.000000366. The average Bonchev–Trinajstić information content (AvgIpc) is 3.24. The molecule has 320 valence electrons. The third-order valence-corrected chi connectivity index (χ3v) is 8.96. The minimum Gasteiger partial charge on any atom is -0.297 e. The Hall–Kier alpha value is -6.69. The first kappa shape index (κ1) is 45.4. The quantitative estimate of drug-likeness (QED) is 0.0614. The number of carbonyl (C=O) groups excluding carboxylic acids is 1. The van der Waals surface area contributed by atoms with Gasteiger partial charge in [-0.2, -0.15) is 0 Å². The van der Waals surface area contributed by atoms with Crippen LogP contribution in [-0.2, 0) is 6.54 Å². The van der Waals surface area contributed by atoms with Crippen LogP contribution < -0.4 is 32.4 Å². The normalized spacial score (nSPS) is 11.5. The third-order valence-electron chi connectivity index (χ3n) is 8.96. The van der Waals surface area contributed by atoms with E-state index in [-0.39, 0.29) is 17.9 Å². The molecular formula is C36H11BF20N2O2. The molecule has 0 unspecified atom stereocenters. The zero-order valence-electron chi connectivity index (χ0n) is 28.7. The first-order chi connectivity index (χ1) is 28.5. The highest BCUT2D eigenvalue weighted by Gasteiger charge is 2.52. The van der Waals surface area contributed by atoms with E-state index in [1.807, 2.05) is 6.07 Å². The fourth-order valence-corrected chi connectivity index (χ4v) is 6.28. The standard InChI is InChI=1S/C24BF20.C12H10N2O2/c26-5-1(6(27)14(35)21(42)13(5)34)25(2-7(28)15(36)22(43)16(37)8(2)29,3-9(30)17(38)23(44)18(39)10(3)31)4-11(32)19(40)24(45)20(41)12(4)33;15-11(10-4-2-1-3-5-10)9-14-7-6-13-8-12(14)16/h;1-8H,9H2/q-1;/p+1. The van der Waals surface area contributed by atoms with Crippen LogP contribution in [0.1, 0.15) is 10.4 Å². The first-order valence-electron chi connectivity index (χ1n) is 15.9. The van der Waals surface area contributed by atoms with Gasteiger partial charge in [0.2, 0.25) is 6.20 Å². The molecule has 0 amide bonds. The molecule has 0 radical (unpaired) electrons. The van der Waals surface area contributed by atoms with E-state index in [0.717, 1.165) is 0 Å². The zero-order chi connectivity index (χ0) is 45.7. The molecule has 6 rings (SSSR count). The molecule has 1 heterocycles. The Bertz CT molecular complexity index is 2460. The molecule has 0 aliphatic carbocycles. The summed E-state index contributed by atoms with van der Waals surface area (Å²) >= 11 is 0. The number of H-pyrrole nitrogens is 1. The van der Waals surface area contributed by atoms with E-state index in [1.54, 1.807) is 36.7 Å². The molecule has 4 nitrogen and oxygen atoms in total. The Morgan fingerprint density at radius 3 is 0.951 bits per heavy atom. The van der Waals surface area contributed by atoms with E-state index in [2.05, 4.69) is 4.98 Å². The Labute approximate surface area is 323 Å². The summed E-state index contributed by atoms with van der Waals surface area (Å²) in [5, 5.41) is 0. The van der Waals surface area contributed by atoms with Crippen LogP contribution in [0, 0.1) is 116 Å². The van der Waals surface area contributed by atoms with Crippen LogP contribution in [0.5, 0.6) is 0 Å². The van der Waals surface area contributed by atoms with Gasteiger partial charge in [0, 0.05) is 5.56 Å². The van der Waals surface area contributed by atoms with Crippen LogP contribution in [-0.4, -0.2) is 16.5 Å². The summed E-state index contributed by atoms with van der Waals surface area (Å²) in [6, 6.07) is 8.93. The van der Waals surface area contributed by atoms with Crippen molar-refractivity contribution < 1.29 is 97.6 Å². The molecule has 1 N–H and O–H groups in total. The van der Waals surface area contributed by atoms with Crippen molar-refractivity contribution in [2.75, 3.05) is 0 Å². The van der Waals surface area contributed by atoms with Gasteiger partial charge in [0.1, 0.15) is 52.7 Å². The maximum absolute atomic E-state index is 15.4. The van der Waals surface area contributed by atoms with E-state index in [9.17, 15) is 62.3 Å². The predicted molar refractivity (Wildman–Crippen MR) is 167 cm³/mol. The van der Waals surface area contributed by atoms with Gasteiger partial charge >= 0.3 is 5.56 Å². The smallest absolute Gasteiger partial charge is 0.297 e. The van der Waals surface area contributed by atoms with Gasteiger partial charge in [-0.15, -0.1) is 21.9 Å². The van der Waals surface area contributed by atoms with Crippen molar-refractivity contribution >= 4 is 33.8 Å². The molecule has 0 bridgehead atoms. The summed E-state index contributed by atoms with van der Waals surface area (Å²) in [4.78, 5) is 25.8. The summed E-state index contributed by atoms with van der Waals surface area (Å²) in [6.45, 7) is 0.0670. The second-order valence-electron chi connectivity index (χ2n) is 12.2. The van der Waals surface area contributed by atoms with E-state index < -0.39 is 144 Å². The fraction of sp³-hybridized carbons (Fsp3) is 0.0278. The highest BCUT2D eigenvalue weighted by Crippen LogP contribution is 2.30. The van der Waals surface area contributed by atoms with Crippen molar-refractivity contribution in [3.05, 3.63) is 181 Å². The summed E-state index contributed by atoms with van der Waals surface area (Å²) in [5.41, 5.74) is -13.9. The molecule has 25 heteroatoms. The lowest BCUT2D eigenvalue weighted by Crippen LogP contribution is -2.81. The van der Waals surface area contributed by atoms with Gasteiger partial charge in [-0.25, -0.2) is 92.8 Å². The van der Waals surface area contributed by atoms with Gasteiger partial charge < -0.3 is 0 Å². The van der Waals surface area contributed by atoms with E-state index in [0.29, 0.717) is 5.56 Å². The second kappa shape index (κ2) is 16.8. The number of nitrogens with one attached hydrogen (secondary N) is 1. The SMILES string of the molecule is Fc1c(F)c(F)c([B-](c2c(F)c(F)c(F)c(F)c2F)(c2c(F)c(F)c(F)c(F)c2F)c2c(F)c(F)c(F)c(F)c2F)c(F)c1F.O=C(Cn1cc[nH+]cc1=O)c1ccccc1. The first-order valence-corrected chi connectivity index (χ1v) is 15.9. The maximum Gasteiger partial charge on any atom is 0.315 e. The van der Waals surface area contributed by atoms with Crippen molar-refractivity contribution in [2.24, 2.45) is 0 Å². The molecule has 1 aromatic heterocycles.